The van der Waals surface area contributed by atoms with Gasteiger partial charge in [-0.2, -0.15) is 0 Å². The number of nitro benzene ring substituents is 1. The summed E-state index contributed by atoms with van der Waals surface area (Å²) in [6.45, 7) is 6.94. The lowest BCUT2D eigenvalue weighted by Crippen LogP contribution is -2.40. The number of benzene rings is 1. The molecular formula is C18H17N3O5S. The number of thioether (sulfide) groups is 1. The number of carbonyl (C=O) groups is 2. The van der Waals surface area contributed by atoms with E-state index in [0.717, 1.165) is 0 Å². The zero-order valence-corrected chi connectivity index (χ0v) is 15.6. The quantitative estimate of drug-likeness (QED) is 0.333. The maximum absolute atomic E-state index is 12.7. The van der Waals surface area contributed by atoms with Gasteiger partial charge in [-0.1, -0.05) is 36.5 Å². The molecule has 2 aliphatic heterocycles. The Hall–Kier alpha value is -2.94. The third kappa shape index (κ3) is 3.37. The molecule has 0 saturated carbocycles. The molecule has 1 amide bonds. The summed E-state index contributed by atoms with van der Waals surface area (Å²) in [5.74, 6) is -0.846. The summed E-state index contributed by atoms with van der Waals surface area (Å²) in [5.41, 5.74) is 0.926. The summed E-state index contributed by atoms with van der Waals surface area (Å²) in [4.78, 5) is 41.9. The van der Waals surface area contributed by atoms with Crippen LogP contribution in [0.2, 0.25) is 0 Å². The number of amides is 1. The molecule has 0 radical (unpaired) electrons. The molecule has 0 bridgehead atoms. The third-order valence-corrected chi connectivity index (χ3v) is 5.26. The highest BCUT2D eigenvalue weighted by Gasteiger charge is 2.46. The maximum Gasteiger partial charge on any atom is 0.338 e. The molecular weight excluding hydrogens is 370 g/mol. The molecule has 1 aromatic carbocycles. The molecule has 8 nitrogen and oxygen atoms in total. The summed E-state index contributed by atoms with van der Waals surface area (Å²) in [6.07, 6.45) is 1.44. The number of nitro groups is 1. The van der Waals surface area contributed by atoms with Gasteiger partial charge in [0, 0.05) is 12.1 Å². The maximum atomic E-state index is 12.7. The number of amidine groups is 1. The minimum Gasteiger partial charge on any atom is -0.458 e. The molecule has 0 unspecified atom stereocenters. The van der Waals surface area contributed by atoms with Crippen molar-refractivity contribution in [1.82, 2.24) is 4.90 Å². The second-order valence-corrected chi connectivity index (χ2v) is 7.31. The van der Waals surface area contributed by atoms with Gasteiger partial charge in [0.1, 0.15) is 6.61 Å². The van der Waals surface area contributed by atoms with E-state index in [-0.39, 0.29) is 29.0 Å². The Bertz CT molecular complexity index is 908. The van der Waals surface area contributed by atoms with E-state index >= 15 is 0 Å². The SMILES string of the molecule is C=CCOC(=O)C1=C(C)N=C2S[C@H](C)C(=O)N2[C@@H]1c1cccc([N+](=O)[O-])c1. The largest absolute Gasteiger partial charge is 0.458 e. The lowest BCUT2D eigenvalue weighted by molar-refractivity contribution is -0.384. The number of non-ortho nitro benzene ring substituents is 1. The summed E-state index contributed by atoms with van der Waals surface area (Å²) < 4.78 is 5.18. The van der Waals surface area contributed by atoms with Crippen LogP contribution in [0.3, 0.4) is 0 Å². The van der Waals surface area contributed by atoms with Gasteiger partial charge in [-0.05, 0) is 19.4 Å². The van der Waals surface area contributed by atoms with Gasteiger partial charge in [0.15, 0.2) is 5.17 Å². The first kappa shape index (κ1) is 18.8. The van der Waals surface area contributed by atoms with E-state index in [1.165, 1.54) is 40.9 Å². The van der Waals surface area contributed by atoms with Gasteiger partial charge in [0.2, 0.25) is 5.91 Å². The van der Waals surface area contributed by atoms with Crippen LogP contribution in [0.4, 0.5) is 5.69 Å². The van der Waals surface area contributed by atoms with Gasteiger partial charge in [-0.3, -0.25) is 19.8 Å². The predicted octanol–water partition coefficient (Wildman–Crippen LogP) is 2.97. The van der Waals surface area contributed by atoms with E-state index in [1.807, 2.05) is 0 Å². The number of hydrogen-bond donors (Lipinski definition) is 0. The summed E-state index contributed by atoms with van der Waals surface area (Å²) in [6, 6.07) is 5.06. The second-order valence-electron chi connectivity index (χ2n) is 6.00. The van der Waals surface area contributed by atoms with Crippen molar-refractivity contribution in [2.75, 3.05) is 6.61 Å². The molecule has 0 spiro atoms. The number of nitrogens with zero attached hydrogens (tertiary/aromatic N) is 3. The van der Waals surface area contributed by atoms with Gasteiger partial charge in [0.05, 0.1) is 27.5 Å². The molecule has 140 valence electrons. The van der Waals surface area contributed by atoms with Gasteiger partial charge in [-0.25, -0.2) is 9.79 Å². The summed E-state index contributed by atoms with van der Waals surface area (Å²) in [5, 5.41) is 11.3. The van der Waals surface area contributed by atoms with Crippen LogP contribution in [-0.4, -0.2) is 38.7 Å². The molecule has 0 aliphatic carbocycles. The molecule has 2 heterocycles. The Morgan fingerprint density at radius 2 is 2.26 bits per heavy atom. The Kier molecular flexibility index (Phi) is 5.13. The molecule has 0 aromatic heterocycles. The van der Waals surface area contributed by atoms with E-state index in [2.05, 4.69) is 11.6 Å². The van der Waals surface area contributed by atoms with Crippen LogP contribution < -0.4 is 0 Å². The van der Waals surface area contributed by atoms with E-state index in [9.17, 15) is 19.7 Å². The number of ether oxygens (including phenoxy) is 1. The second kappa shape index (κ2) is 7.36. The lowest BCUT2D eigenvalue weighted by atomic mass is 9.94. The van der Waals surface area contributed by atoms with Crippen LogP contribution in [0, 0.1) is 10.1 Å². The number of rotatable bonds is 5. The van der Waals surface area contributed by atoms with E-state index in [1.54, 1.807) is 19.9 Å². The third-order valence-electron chi connectivity index (χ3n) is 4.21. The van der Waals surface area contributed by atoms with Crippen LogP contribution in [0.1, 0.15) is 25.5 Å². The monoisotopic (exact) mass is 387 g/mol. The topological polar surface area (TPSA) is 102 Å². The molecule has 3 rings (SSSR count). The fourth-order valence-corrected chi connectivity index (χ4v) is 4.03. The zero-order chi connectivity index (χ0) is 19.7. The lowest BCUT2D eigenvalue weighted by Gasteiger charge is -2.32. The smallest absolute Gasteiger partial charge is 0.338 e. The van der Waals surface area contributed by atoms with Crippen molar-refractivity contribution in [2.45, 2.75) is 25.1 Å². The van der Waals surface area contributed by atoms with Crippen LogP contribution in [-0.2, 0) is 14.3 Å². The van der Waals surface area contributed by atoms with Crippen molar-refractivity contribution < 1.29 is 19.2 Å². The molecule has 1 fully saturated rings. The van der Waals surface area contributed by atoms with Crippen LogP contribution in [0.15, 0.2) is 53.2 Å². The molecule has 1 aromatic rings. The fourth-order valence-electron chi connectivity index (χ4n) is 3.00. The normalized spacial score (nSPS) is 21.6. The van der Waals surface area contributed by atoms with E-state index in [4.69, 9.17) is 4.74 Å². The highest BCUT2D eigenvalue weighted by molar-refractivity contribution is 8.15. The van der Waals surface area contributed by atoms with Gasteiger partial charge in [-0.15, -0.1) is 0 Å². The zero-order valence-electron chi connectivity index (χ0n) is 14.7. The van der Waals surface area contributed by atoms with Crippen molar-refractivity contribution in [2.24, 2.45) is 4.99 Å². The average Bonchev–Trinajstić information content (AvgIpc) is 2.92. The fraction of sp³-hybridized carbons (Fsp3) is 0.278. The number of allylic oxidation sites excluding steroid dienone is 1. The van der Waals surface area contributed by atoms with Crippen molar-refractivity contribution in [1.29, 1.82) is 0 Å². The number of hydrogen-bond acceptors (Lipinski definition) is 7. The van der Waals surface area contributed by atoms with Crippen molar-refractivity contribution >= 4 is 34.5 Å². The summed E-state index contributed by atoms with van der Waals surface area (Å²) >= 11 is 1.29. The van der Waals surface area contributed by atoms with Crippen molar-refractivity contribution in [3.63, 3.8) is 0 Å². The van der Waals surface area contributed by atoms with Crippen LogP contribution in [0.5, 0.6) is 0 Å². The average molecular weight is 387 g/mol. The molecule has 2 atom stereocenters. The molecule has 0 N–H and O–H groups in total. The number of carbonyl (C=O) groups excluding carboxylic acids is 2. The molecule has 2 aliphatic rings. The van der Waals surface area contributed by atoms with Crippen molar-refractivity contribution in [3.8, 4) is 0 Å². The highest BCUT2D eigenvalue weighted by atomic mass is 32.2. The molecule has 1 saturated heterocycles. The molecule has 9 heteroatoms. The summed E-state index contributed by atoms with van der Waals surface area (Å²) in [7, 11) is 0. The standard InChI is InChI=1S/C18H17N3O5S/c1-4-8-26-17(23)14-10(2)19-18-20(16(22)11(3)27-18)15(14)12-6-5-7-13(9-12)21(24)25/h4-7,9,11,15H,1,8H2,2-3H3/t11-,15-/m1/s1. The minimum absolute atomic E-state index is 0.00689. The van der Waals surface area contributed by atoms with Crippen LogP contribution >= 0.6 is 11.8 Å². The Labute approximate surface area is 159 Å². The minimum atomic E-state index is -0.834. The van der Waals surface area contributed by atoms with Gasteiger partial charge >= 0.3 is 5.97 Å². The Morgan fingerprint density at radius 1 is 1.52 bits per heavy atom. The Balaban J connectivity index is 2.15. The number of aliphatic imine (C=N–C) groups is 1. The van der Waals surface area contributed by atoms with E-state index in [0.29, 0.717) is 16.4 Å². The van der Waals surface area contributed by atoms with Gasteiger partial charge in [0.25, 0.3) is 5.69 Å². The van der Waals surface area contributed by atoms with E-state index < -0.39 is 16.9 Å². The highest BCUT2D eigenvalue weighted by Crippen LogP contribution is 2.43. The van der Waals surface area contributed by atoms with Gasteiger partial charge < -0.3 is 4.74 Å². The Morgan fingerprint density at radius 3 is 2.93 bits per heavy atom. The first-order chi connectivity index (χ1) is 12.8. The number of fused-ring (bicyclic) bond motifs is 1. The first-order valence-electron chi connectivity index (χ1n) is 8.16. The predicted molar refractivity (Wildman–Crippen MR) is 101 cm³/mol. The molecule has 27 heavy (non-hydrogen) atoms. The number of esters is 1. The van der Waals surface area contributed by atoms with Crippen LogP contribution in [0.25, 0.3) is 0 Å². The van der Waals surface area contributed by atoms with Crippen molar-refractivity contribution in [3.05, 3.63) is 63.9 Å². The first-order valence-corrected chi connectivity index (χ1v) is 9.04.